The lowest BCUT2D eigenvalue weighted by molar-refractivity contribution is 0.669. The summed E-state index contributed by atoms with van der Waals surface area (Å²) >= 11 is 0. The standard InChI is InChI=1S/C55H40N4O/c1-2-3-15-36-26-28-39(29-27-36)54-56-53(38-18-8-5-9-19-38)57-55(58-54)41-31-33-48(46(34-41)37-16-6-4-7-17-37)59-47-23-12-10-20-43(47)44-32-30-40(35-49(44)59)42-22-14-25-51-52(42)45-21-11-13-24-50(45)60-51/h4-14,16-35H,2-3,15H2,1H3. The quantitative estimate of drug-likeness (QED) is 0.147. The predicted molar refractivity (Wildman–Crippen MR) is 247 cm³/mol. The van der Waals surface area contributed by atoms with Crippen LogP contribution in [0, 0.1) is 0 Å². The molecule has 0 amide bonds. The zero-order valence-electron chi connectivity index (χ0n) is 33.2. The van der Waals surface area contributed by atoms with Gasteiger partial charge < -0.3 is 8.98 Å². The van der Waals surface area contributed by atoms with Crippen molar-refractivity contribution in [2.45, 2.75) is 26.2 Å². The Morgan fingerprint density at radius 1 is 0.433 bits per heavy atom. The summed E-state index contributed by atoms with van der Waals surface area (Å²) in [5.74, 6) is 1.93. The number of nitrogens with zero attached hydrogens (tertiary/aromatic N) is 4. The first kappa shape index (κ1) is 35.5. The Hall–Kier alpha value is -7.63. The van der Waals surface area contributed by atoms with Crippen LogP contribution in [0.2, 0.25) is 0 Å². The molecule has 11 rings (SSSR count). The fourth-order valence-corrected chi connectivity index (χ4v) is 8.68. The van der Waals surface area contributed by atoms with Crippen LogP contribution in [0.25, 0.3) is 106 Å². The smallest absolute Gasteiger partial charge is 0.164 e. The van der Waals surface area contributed by atoms with Gasteiger partial charge in [-0.1, -0.05) is 159 Å². The molecule has 60 heavy (non-hydrogen) atoms. The molecule has 3 aromatic heterocycles. The molecule has 0 saturated carbocycles. The maximum absolute atomic E-state index is 6.32. The van der Waals surface area contributed by atoms with Gasteiger partial charge in [-0.15, -0.1) is 0 Å². The van der Waals surface area contributed by atoms with Crippen LogP contribution in [-0.4, -0.2) is 19.5 Å². The molecule has 3 heterocycles. The number of furan rings is 1. The zero-order chi connectivity index (χ0) is 40.0. The summed E-state index contributed by atoms with van der Waals surface area (Å²) in [6.45, 7) is 2.23. The number of rotatable bonds is 9. The monoisotopic (exact) mass is 772 g/mol. The van der Waals surface area contributed by atoms with Gasteiger partial charge >= 0.3 is 0 Å². The molecule has 11 aromatic rings. The van der Waals surface area contributed by atoms with Crippen molar-refractivity contribution in [3.63, 3.8) is 0 Å². The Balaban J connectivity index is 1.12. The number of hydrogen-bond acceptors (Lipinski definition) is 4. The molecule has 0 aliphatic rings. The molecular formula is C55H40N4O. The second-order valence-electron chi connectivity index (χ2n) is 15.4. The highest BCUT2D eigenvalue weighted by atomic mass is 16.3. The SMILES string of the molecule is CCCCc1ccc(-c2nc(-c3ccccc3)nc(-c3ccc(-n4c5ccccc5c5ccc(-c6cccc7oc8ccccc8c67)cc54)c(-c4ccccc4)c3)n2)cc1. The largest absolute Gasteiger partial charge is 0.456 e. The highest BCUT2D eigenvalue weighted by Gasteiger charge is 2.20. The van der Waals surface area contributed by atoms with Gasteiger partial charge in [-0.25, -0.2) is 15.0 Å². The Bertz CT molecular complexity index is 3350. The molecule has 0 atom stereocenters. The number of aromatic nitrogens is 4. The van der Waals surface area contributed by atoms with Crippen LogP contribution in [0.4, 0.5) is 0 Å². The topological polar surface area (TPSA) is 56.7 Å². The lowest BCUT2D eigenvalue weighted by Gasteiger charge is -2.16. The van der Waals surface area contributed by atoms with E-state index in [1.54, 1.807) is 0 Å². The van der Waals surface area contributed by atoms with Crippen molar-refractivity contribution in [3.05, 3.63) is 194 Å². The summed E-state index contributed by atoms with van der Waals surface area (Å²) in [5, 5.41) is 4.64. The minimum absolute atomic E-state index is 0.627. The predicted octanol–water partition coefficient (Wildman–Crippen LogP) is 14.5. The summed E-state index contributed by atoms with van der Waals surface area (Å²) in [6, 6.07) is 66.4. The van der Waals surface area contributed by atoms with E-state index in [0.29, 0.717) is 17.5 Å². The van der Waals surface area contributed by atoms with E-state index in [4.69, 9.17) is 19.4 Å². The maximum Gasteiger partial charge on any atom is 0.164 e. The van der Waals surface area contributed by atoms with Crippen LogP contribution in [0.5, 0.6) is 0 Å². The van der Waals surface area contributed by atoms with Gasteiger partial charge in [0.2, 0.25) is 0 Å². The minimum atomic E-state index is 0.627. The third-order valence-corrected chi connectivity index (χ3v) is 11.7. The summed E-state index contributed by atoms with van der Waals surface area (Å²) in [6.07, 6.45) is 3.40. The van der Waals surface area contributed by atoms with E-state index in [1.165, 1.54) is 29.2 Å². The summed E-state index contributed by atoms with van der Waals surface area (Å²) in [5.41, 5.74) is 13.7. The van der Waals surface area contributed by atoms with Crippen LogP contribution >= 0.6 is 0 Å². The number of hydrogen-bond donors (Lipinski definition) is 0. The van der Waals surface area contributed by atoms with Crippen molar-refractivity contribution in [2.75, 3.05) is 0 Å². The second-order valence-corrected chi connectivity index (χ2v) is 15.4. The van der Waals surface area contributed by atoms with E-state index in [-0.39, 0.29) is 0 Å². The van der Waals surface area contributed by atoms with Crippen LogP contribution in [-0.2, 0) is 6.42 Å². The summed E-state index contributed by atoms with van der Waals surface area (Å²) in [4.78, 5) is 15.3. The fourth-order valence-electron chi connectivity index (χ4n) is 8.68. The molecule has 0 unspecified atom stereocenters. The van der Waals surface area contributed by atoms with Gasteiger partial charge in [0.05, 0.1) is 16.7 Å². The van der Waals surface area contributed by atoms with E-state index < -0.39 is 0 Å². The van der Waals surface area contributed by atoms with Gasteiger partial charge in [0.1, 0.15) is 11.2 Å². The molecule has 8 aromatic carbocycles. The van der Waals surface area contributed by atoms with Crippen LogP contribution in [0.1, 0.15) is 25.3 Å². The lowest BCUT2D eigenvalue weighted by Crippen LogP contribution is -2.02. The molecule has 0 bridgehead atoms. The Kier molecular flexibility index (Phi) is 8.85. The molecule has 0 spiro atoms. The molecular weight excluding hydrogens is 733 g/mol. The van der Waals surface area contributed by atoms with Crippen LogP contribution in [0.15, 0.2) is 192 Å². The summed E-state index contributed by atoms with van der Waals surface area (Å²) in [7, 11) is 0. The molecule has 0 N–H and O–H groups in total. The molecule has 5 nitrogen and oxygen atoms in total. The third-order valence-electron chi connectivity index (χ3n) is 11.7. The Morgan fingerprint density at radius 2 is 1.03 bits per heavy atom. The van der Waals surface area contributed by atoms with E-state index >= 15 is 0 Å². The molecule has 0 fully saturated rings. The first-order chi connectivity index (χ1) is 29.7. The second kappa shape index (κ2) is 14.9. The van der Waals surface area contributed by atoms with Gasteiger partial charge in [0.25, 0.3) is 0 Å². The van der Waals surface area contributed by atoms with Gasteiger partial charge in [0.15, 0.2) is 17.5 Å². The fraction of sp³-hybridized carbons (Fsp3) is 0.0727. The van der Waals surface area contributed by atoms with Crippen molar-refractivity contribution in [3.8, 4) is 62.1 Å². The molecule has 5 heteroatoms. The molecule has 286 valence electrons. The highest BCUT2D eigenvalue weighted by molar-refractivity contribution is 6.15. The molecule has 0 saturated heterocycles. The Labute approximate surface area is 348 Å². The first-order valence-corrected chi connectivity index (χ1v) is 20.7. The minimum Gasteiger partial charge on any atom is -0.456 e. The average molecular weight is 773 g/mol. The van der Waals surface area contributed by atoms with Crippen molar-refractivity contribution in [2.24, 2.45) is 0 Å². The van der Waals surface area contributed by atoms with E-state index in [0.717, 1.165) is 84.0 Å². The van der Waals surface area contributed by atoms with E-state index in [9.17, 15) is 0 Å². The van der Waals surface area contributed by atoms with Gasteiger partial charge in [0, 0.05) is 43.8 Å². The molecule has 0 aliphatic carbocycles. The van der Waals surface area contributed by atoms with Gasteiger partial charge in [-0.2, -0.15) is 0 Å². The van der Waals surface area contributed by atoms with Crippen molar-refractivity contribution < 1.29 is 4.42 Å². The molecule has 0 radical (unpaired) electrons. The third kappa shape index (κ3) is 6.23. The summed E-state index contributed by atoms with van der Waals surface area (Å²) < 4.78 is 8.74. The van der Waals surface area contributed by atoms with Gasteiger partial charge in [-0.05, 0) is 77.6 Å². The van der Waals surface area contributed by atoms with Crippen LogP contribution in [0.3, 0.4) is 0 Å². The maximum atomic E-state index is 6.32. The van der Waals surface area contributed by atoms with Gasteiger partial charge in [-0.3, -0.25) is 0 Å². The first-order valence-electron chi connectivity index (χ1n) is 20.7. The number of fused-ring (bicyclic) bond motifs is 6. The molecule has 0 aliphatic heterocycles. The zero-order valence-corrected chi connectivity index (χ0v) is 33.2. The van der Waals surface area contributed by atoms with Crippen molar-refractivity contribution in [1.29, 1.82) is 0 Å². The number of benzene rings is 8. The highest BCUT2D eigenvalue weighted by Crippen LogP contribution is 2.42. The number of aryl methyl sites for hydroxylation is 1. The average Bonchev–Trinajstić information content (AvgIpc) is 3.87. The van der Waals surface area contributed by atoms with Crippen molar-refractivity contribution >= 4 is 43.7 Å². The van der Waals surface area contributed by atoms with Crippen LogP contribution < -0.4 is 0 Å². The lowest BCUT2D eigenvalue weighted by atomic mass is 9.98. The van der Waals surface area contributed by atoms with Crippen molar-refractivity contribution in [1.82, 2.24) is 19.5 Å². The van der Waals surface area contributed by atoms with E-state index in [1.807, 2.05) is 30.3 Å². The number of unbranched alkanes of at least 4 members (excludes halogenated alkanes) is 1. The Morgan fingerprint density at radius 3 is 1.80 bits per heavy atom. The number of para-hydroxylation sites is 2. The van der Waals surface area contributed by atoms with E-state index in [2.05, 4.69) is 169 Å². The normalized spacial score (nSPS) is 11.6.